The standard InChI is InChI=1S/C20H27N5O/c1-13-6-14(13)7-18(26)24-15-8-20(2,3)11-25(10-15)19-16-4-5-21-9-17(16)22-12-23-19/h4-5,9,12-15H,6-8,10-11H2,1-3H3,(H,24,26). The first kappa shape index (κ1) is 17.2. The van der Waals surface area contributed by atoms with Gasteiger partial charge in [-0.25, -0.2) is 9.97 Å². The fourth-order valence-corrected chi connectivity index (χ4v) is 4.26. The number of piperidine rings is 1. The average Bonchev–Trinajstić information content (AvgIpc) is 3.27. The van der Waals surface area contributed by atoms with E-state index in [0.29, 0.717) is 18.3 Å². The second-order valence-electron chi connectivity index (χ2n) is 8.78. The quantitative estimate of drug-likeness (QED) is 0.915. The van der Waals surface area contributed by atoms with Crippen LogP contribution in [-0.2, 0) is 4.79 Å². The summed E-state index contributed by atoms with van der Waals surface area (Å²) in [5.74, 6) is 2.42. The number of aromatic nitrogens is 3. The molecular formula is C20H27N5O. The van der Waals surface area contributed by atoms with Crippen molar-refractivity contribution < 1.29 is 4.79 Å². The smallest absolute Gasteiger partial charge is 0.220 e. The molecule has 26 heavy (non-hydrogen) atoms. The Morgan fingerprint density at radius 3 is 2.96 bits per heavy atom. The van der Waals surface area contributed by atoms with Crippen LogP contribution in [0.5, 0.6) is 0 Å². The van der Waals surface area contributed by atoms with Crippen LogP contribution in [0.2, 0.25) is 0 Å². The van der Waals surface area contributed by atoms with Gasteiger partial charge >= 0.3 is 0 Å². The Morgan fingerprint density at radius 2 is 2.19 bits per heavy atom. The van der Waals surface area contributed by atoms with Crippen LogP contribution in [0.15, 0.2) is 24.8 Å². The minimum Gasteiger partial charge on any atom is -0.353 e. The van der Waals surface area contributed by atoms with Crippen molar-refractivity contribution in [1.29, 1.82) is 0 Å². The molecule has 3 atom stereocenters. The summed E-state index contributed by atoms with van der Waals surface area (Å²) in [6.45, 7) is 8.42. The number of carbonyl (C=O) groups is 1. The maximum absolute atomic E-state index is 12.4. The third-order valence-corrected chi connectivity index (χ3v) is 5.66. The molecule has 3 heterocycles. The van der Waals surface area contributed by atoms with Gasteiger partial charge in [-0.2, -0.15) is 0 Å². The van der Waals surface area contributed by atoms with Crippen LogP contribution in [0.3, 0.4) is 0 Å². The third kappa shape index (κ3) is 3.64. The van der Waals surface area contributed by atoms with Gasteiger partial charge in [-0.05, 0) is 36.2 Å². The molecule has 0 spiro atoms. The van der Waals surface area contributed by atoms with Crippen LogP contribution < -0.4 is 10.2 Å². The van der Waals surface area contributed by atoms with Gasteiger partial charge in [-0.1, -0.05) is 20.8 Å². The molecule has 1 aliphatic carbocycles. The monoisotopic (exact) mass is 353 g/mol. The molecule has 0 aromatic carbocycles. The number of nitrogens with one attached hydrogen (secondary N) is 1. The Hall–Kier alpha value is -2.24. The Morgan fingerprint density at radius 1 is 1.38 bits per heavy atom. The highest BCUT2D eigenvalue weighted by Gasteiger charge is 2.37. The van der Waals surface area contributed by atoms with Gasteiger partial charge in [0.05, 0.1) is 11.7 Å². The van der Waals surface area contributed by atoms with Crippen LogP contribution in [0.4, 0.5) is 5.82 Å². The minimum atomic E-state index is 0.105. The van der Waals surface area contributed by atoms with Gasteiger partial charge in [0.1, 0.15) is 12.1 Å². The molecule has 4 rings (SSSR count). The SMILES string of the molecule is CC1CC1CC(=O)NC1CN(c2ncnc3cnccc23)CC(C)(C)C1. The van der Waals surface area contributed by atoms with Crippen molar-refractivity contribution in [3.8, 4) is 0 Å². The molecule has 0 radical (unpaired) electrons. The van der Waals surface area contributed by atoms with Gasteiger partial charge in [0, 0.05) is 37.1 Å². The molecule has 1 aliphatic heterocycles. The fourth-order valence-electron chi connectivity index (χ4n) is 4.26. The zero-order valence-electron chi connectivity index (χ0n) is 15.8. The van der Waals surface area contributed by atoms with Gasteiger partial charge in [0.25, 0.3) is 0 Å². The van der Waals surface area contributed by atoms with E-state index in [4.69, 9.17) is 0 Å². The van der Waals surface area contributed by atoms with Gasteiger partial charge in [-0.3, -0.25) is 9.78 Å². The topological polar surface area (TPSA) is 71.0 Å². The van der Waals surface area contributed by atoms with E-state index < -0.39 is 0 Å². The molecule has 6 nitrogen and oxygen atoms in total. The first-order chi connectivity index (χ1) is 12.4. The highest BCUT2D eigenvalue weighted by atomic mass is 16.1. The van der Waals surface area contributed by atoms with Gasteiger partial charge in [0.15, 0.2) is 0 Å². The number of fused-ring (bicyclic) bond motifs is 1. The molecule has 1 saturated heterocycles. The van der Waals surface area contributed by atoms with Crippen LogP contribution in [0.25, 0.3) is 10.9 Å². The molecule has 2 aromatic heterocycles. The number of pyridine rings is 1. The zero-order chi connectivity index (χ0) is 18.3. The number of hydrogen-bond donors (Lipinski definition) is 1. The summed E-state index contributed by atoms with van der Waals surface area (Å²) in [5.41, 5.74) is 0.956. The lowest BCUT2D eigenvalue weighted by Crippen LogP contribution is -2.54. The van der Waals surface area contributed by atoms with Crippen molar-refractivity contribution >= 4 is 22.6 Å². The van der Waals surface area contributed by atoms with E-state index in [1.165, 1.54) is 6.42 Å². The van der Waals surface area contributed by atoms with E-state index in [1.54, 1.807) is 18.7 Å². The lowest BCUT2D eigenvalue weighted by Gasteiger charge is -2.43. The largest absolute Gasteiger partial charge is 0.353 e. The predicted octanol–water partition coefficient (Wildman–Crippen LogP) is 2.79. The second kappa shape index (κ2) is 6.49. The van der Waals surface area contributed by atoms with Crippen molar-refractivity contribution in [3.63, 3.8) is 0 Å². The Labute approximate surface area is 154 Å². The second-order valence-corrected chi connectivity index (χ2v) is 8.78. The molecule has 2 aliphatic rings. The average molecular weight is 353 g/mol. The third-order valence-electron chi connectivity index (χ3n) is 5.66. The molecule has 2 fully saturated rings. The first-order valence-electron chi connectivity index (χ1n) is 9.50. The number of anilines is 1. The van der Waals surface area contributed by atoms with E-state index >= 15 is 0 Å². The van der Waals surface area contributed by atoms with Crippen molar-refractivity contribution in [2.75, 3.05) is 18.0 Å². The highest BCUT2D eigenvalue weighted by molar-refractivity contribution is 5.88. The van der Waals surface area contributed by atoms with Crippen molar-refractivity contribution in [2.45, 2.75) is 46.1 Å². The first-order valence-corrected chi connectivity index (χ1v) is 9.50. The number of amides is 1. The van der Waals surface area contributed by atoms with Crippen LogP contribution in [0.1, 0.15) is 40.0 Å². The molecular weight excluding hydrogens is 326 g/mol. The molecule has 1 N–H and O–H groups in total. The summed E-state index contributed by atoms with van der Waals surface area (Å²) in [5, 5.41) is 4.29. The predicted molar refractivity (Wildman–Crippen MR) is 102 cm³/mol. The highest BCUT2D eigenvalue weighted by Crippen LogP contribution is 2.40. The van der Waals surface area contributed by atoms with Gasteiger partial charge in [0.2, 0.25) is 5.91 Å². The molecule has 0 bridgehead atoms. The van der Waals surface area contributed by atoms with Crippen LogP contribution in [0, 0.1) is 17.3 Å². The molecule has 1 saturated carbocycles. The molecule has 3 unspecified atom stereocenters. The molecule has 1 amide bonds. The van der Waals surface area contributed by atoms with Crippen LogP contribution >= 0.6 is 0 Å². The summed E-state index contributed by atoms with van der Waals surface area (Å²) in [4.78, 5) is 27.7. The van der Waals surface area contributed by atoms with E-state index in [-0.39, 0.29) is 17.4 Å². The van der Waals surface area contributed by atoms with Gasteiger partial charge in [-0.15, -0.1) is 0 Å². The van der Waals surface area contributed by atoms with Crippen molar-refractivity contribution in [1.82, 2.24) is 20.3 Å². The lowest BCUT2D eigenvalue weighted by molar-refractivity contribution is -0.122. The maximum atomic E-state index is 12.4. The number of nitrogens with zero attached hydrogens (tertiary/aromatic N) is 4. The number of rotatable bonds is 4. The number of carbonyl (C=O) groups excluding carboxylic acids is 1. The van der Waals surface area contributed by atoms with Crippen molar-refractivity contribution in [2.24, 2.45) is 17.3 Å². The van der Waals surface area contributed by atoms with E-state index in [1.807, 2.05) is 6.07 Å². The van der Waals surface area contributed by atoms with Gasteiger partial charge < -0.3 is 10.2 Å². The Kier molecular flexibility index (Phi) is 4.29. The molecule has 138 valence electrons. The summed E-state index contributed by atoms with van der Waals surface area (Å²) in [6.07, 6.45) is 7.99. The van der Waals surface area contributed by atoms with E-state index in [9.17, 15) is 4.79 Å². The Balaban J connectivity index is 1.53. The summed E-state index contributed by atoms with van der Waals surface area (Å²) in [7, 11) is 0. The van der Waals surface area contributed by atoms with Crippen LogP contribution in [-0.4, -0.2) is 40.0 Å². The minimum absolute atomic E-state index is 0.105. The summed E-state index contributed by atoms with van der Waals surface area (Å²) < 4.78 is 0. The zero-order valence-corrected chi connectivity index (χ0v) is 15.8. The van der Waals surface area contributed by atoms with E-state index in [0.717, 1.165) is 36.2 Å². The van der Waals surface area contributed by atoms with Crippen molar-refractivity contribution in [3.05, 3.63) is 24.8 Å². The summed E-state index contributed by atoms with van der Waals surface area (Å²) >= 11 is 0. The lowest BCUT2D eigenvalue weighted by atomic mass is 9.81. The maximum Gasteiger partial charge on any atom is 0.220 e. The molecule has 6 heteroatoms. The normalized spacial score (nSPS) is 27.3. The summed E-state index contributed by atoms with van der Waals surface area (Å²) in [6, 6.07) is 2.11. The Bertz CT molecular complexity index is 815. The molecule has 2 aromatic rings. The fraction of sp³-hybridized carbons (Fsp3) is 0.600. The van der Waals surface area contributed by atoms with E-state index in [2.05, 4.69) is 45.9 Å². The number of hydrogen-bond acceptors (Lipinski definition) is 5.